The van der Waals surface area contributed by atoms with Crippen LogP contribution >= 0.6 is 0 Å². The first-order chi connectivity index (χ1) is 4.31. The highest BCUT2D eigenvalue weighted by Gasteiger charge is 1.99. The Balaban J connectivity index is 2.95. The number of aliphatic hydroxyl groups excluding tert-OH is 1. The highest BCUT2D eigenvalue weighted by Crippen LogP contribution is 1.89. The molecule has 0 aliphatic heterocycles. The fourth-order valence-electron chi connectivity index (χ4n) is 0.530. The smallest absolute Gasteiger partial charge is 0.0785 e. The fraction of sp³-hybridized carbons (Fsp3) is 1.00. The van der Waals surface area contributed by atoms with Crippen molar-refractivity contribution in [1.29, 1.82) is 0 Å². The maximum Gasteiger partial charge on any atom is 0.0785 e. The van der Waals surface area contributed by atoms with Crippen LogP contribution in [0.1, 0.15) is 13.3 Å². The van der Waals surface area contributed by atoms with Crippen LogP contribution in [-0.4, -0.2) is 31.0 Å². The van der Waals surface area contributed by atoms with Crippen molar-refractivity contribution in [2.45, 2.75) is 19.4 Å². The van der Waals surface area contributed by atoms with Crippen molar-refractivity contribution >= 4 is 0 Å². The lowest BCUT2D eigenvalue weighted by molar-refractivity contribution is 0.0395. The molecule has 0 heterocycles. The van der Waals surface area contributed by atoms with Gasteiger partial charge in [0.2, 0.25) is 0 Å². The van der Waals surface area contributed by atoms with Gasteiger partial charge in [-0.15, -0.1) is 0 Å². The molecule has 3 nitrogen and oxygen atoms in total. The highest BCUT2D eigenvalue weighted by molar-refractivity contribution is 4.52. The van der Waals surface area contributed by atoms with Crippen LogP contribution in [0.2, 0.25) is 0 Å². The van der Waals surface area contributed by atoms with Gasteiger partial charge in [-0.1, -0.05) is 0 Å². The molecule has 0 aliphatic carbocycles. The van der Waals surface area contributed by atoms with E-state index >= 15 is 0 Å². The molecule has 0 aliphatic rings. The molecule has 0 spiro atoms. The molecule has 56 valence electrons. The Labute approximate surface area is 55.8 Å². The predicted molar refractivity (Wildman–Crippen MR) is 36.2 cm³/mol. The molecule has 0 rings (SSSR count). The summed E-state index contributed by atoms with van der Waals surface area (Å²) < 4.78 is 4.94. The van der Waals surface area contributed by atoms with E-state index in [1.807, 2.05) is 6.92 Å². The zero-order chi connectivity index (χ0) is 7.11. The molecule has 0 aromatic carbocycles. The predicted octanol–water partition coefficient (Wildman–Crippen LogP) is -0.267. The molecule has 0 aromatic heterocycles. The van der Waals surface area contributed by atoms with Gasteiger partial charge in [0.1, 0.15) is 0 Å². The molecule has 0 fully saturated rings. The lowest BCUT2D eigenvalue weighted by Gasteiger charge is -2.07. The maximum absolute atomic E-state index is 8.98. The zero-order valence-electron chi connectivity index (χ0n) is 5.84. The van der Waals surface area contributed by atoms with Crippen LogP contribution in [0.3, 0.4) is 0 Å². The van der Waals surface area contributed by atoms with Crippen LogP contribution in [0.4, 0.5) is 0 Å². The number of hydrogen-bond donors (Lipinski definition) is 2. The van der Waals surface area contributed by atoms with E-state index in [0.717, 1.165) is 0 Å². The summed E-state index contributed by atoms with van der Waals surface area (Å²) in [5.74, 6) is 0. The minimum atomic E-state index is -0.380. The van der Waals surface area contributed by atoms with Gasteiger partial charge in [-0.05, 0) is 19.9 Å². The van der Waals surface area contributed by atoms with Crippen LogP contribution in [0.5, 0.6) is 0 Å². The van der Waals surface area contributed by atoms with Crippen molar-refractivity contribution in [3.05, 3.63) is 0 Å². The van der Waals surface area contributed by atoms with Crippen molar-refractivity contribution in [2.24, 2.45) is 5.73 Å². The largest absolute Gasteiger partial charge is 0.391 e. The van der Waals surface area contributed by atoms with Gasteiger partial charge in [-0.3, -0.25) is 0 Å². The topological polar surface area (TPSA) is 55.5 Å². The number of rotatable bonds is 5. The summed E-state index contributed by atoms with van der Waals surface area (Å²) >= 11 is 0. The number of nitrogens with two attached hydrogens (primary N) is 1. The molecule has 9 heavy (non-hydrogen) atoms. The summed E-state index contributed by atoms with van der Waals surface area (Å²) in [6, 6.07) is 0. The van der Waals surface area contributed by atoms with Crippen LogP contribution in [0.15, 0.2) is 0 Å². The summed E-state index contributed by atoms with van der Waals surface area (Å²) in [4.78, 5) is 0. The average Bonchev–Trinajstić information content (AvgIpc) is 1.85. The number of ether oxygens (including phenoxy) is 1. The van der Waals surface area contributed by atoms with Crippen molar-refractivity contribution in [2.75, 3.05) is 19.8 Å². The number of hydrogen-bond acceptors (Lipinski definition) is 3. The summed E-state index contributed by atoms with van der Waals surface area (Å²) in [5, 5.41) is 8.98. The fourth-order valence-corrected chi connectivity index (χ4v) is 0.530. The minimum absolute atomic E-state index is 0.380. The SMILES string of the molecule is CCOCC(O)CCN. The molecule has 0 saturated heterocycles. The van der Waals surface area contributed by atoms with E-state index in [4.69, 9.17) is 15.6 Å². The molecule has 3 heteroatoms. The first kappa shape index (κ1) is 8.88. The summed E-state index contributed by atoms with van der Waals surface area (Å²) in [6.45, 7) is 3.48. The van der Waals surface area contributed by atoms with E-state index in [9.17, 15) is 0 Å². The lowest BCUT2D eigenvalue weighted by atomic mass is 10.3. The second-order valence-corrected chi connectivity index (χ2v) is 1.89. The summed E-state index contributed by atoms with van der Waals surface area (Å²) in [5.41, 5.74) is 5.19. The molecule has 1 atom stereocenters. The first-order valence-corrected chi connectivity index (χ1v) is 3.27. The third kappa shape index (κ3) is 5.76. The normalized spacial score (nSPS) is 13.7. The Morgan fingerprint density at radius 3 is 2.78 bits per heavy atom. The van der Waals surface area contributed by atoms with Crippen LogP contribution in [-0.2, 0) is 4.74 Å². The van der Waals surface area contributed by atoms with Crippen LogP contribution < -0.4 is 5.73 Å². The van der Waals surface area contributed by atoms with Gasteiger partial charge >= 0.3 is 0 Å². The second-order valence-electron chi connectivity index (χ2n) is 1.89. The molecule has 0 radical (unpaired) electrons. The van der Waals surface area contributed by atoms with Gasteiger partial charge in [0.15, 0.2) is 0 Å². The van der Waals surface area contributed by atoms with Crippen molar-refractivity contribution in [3.8, 4) is 0 Å². The Kier molecular flexibility index (Phi) is 5.93. The second kappa shape index (κ2) is 6.01. The summed E-state index contributed by atoms with van der Waals surface area (Å²) in [6.07, 6.45) is 0.245. The van der Waals surface area contributed by atoms with E-state index < -0.39 is 0 Å². The third-order valence-electron chi connectivity index (χ3n) is 1.01. The molecule has 0 aromatic rings. The van der Waals surface area contributed by atoms with Crippen molar-refractivity contribution in [3.63, 3.8) is 0 Å². The van der Waals surface area contributed by atoms with Gasteiger partial charge in [0.25, 0.3) is 0 Å². The average molecular weight is 133 g/mol. The van der Waals surface area contributed by atoms with Gasteiger partial charge < -0.3 is 15.6 Å². The molecule has 1 unspecified atom stereocenters. The van der Waals surface area contributed by atoms with Gasteiger partial charge in [-0.2, -0.15) is 0 Å². The monoisotopic (exact) mass is 133 g/mol. The number of aliphatic hydroxyl groups is 1. The van der Waals surface area contributed by atoms with E-state index in [2.05, 4.69) is 0 Å². The molecule has 0 saturated carbocycles. The summed E-state index contributed by atoms with van der Waals surface area (Å²) in [7, 11) is 0. The molecular formula is C6H15NO2. The Morgan fingerprint density at radius 2 is 2.33 bits per heavy atom. The molecular weight excluding hydrogens is 118 g/mol. The van der Waals surface area contributed by atoms with Crippen LogP contribution in [0, 0.1) is 0 Å². The quantitative estimate of drug-likeness (QED) is 0.543. The van der Waals surface area contributed by atoms with Gasteiger partial charge in [0.05, 0.1) is 12.7 Å². The molecule has 3 N–H and O–H groups in total. The van der Waals surface area contributed by atoms with Gasteiger partial charge in [-0.25, -0.2) is 0 Å². The molecule has 0 amide bonds. The minimum Gasteiger partial charge on any atom is -0.391 e. The van der Waals surface area contributed by atoms with E-state index in [-0.39, 0.29) is 6.10 Å². The first-order valence-electron chi connectivity index (χ1n) is 3.27. The molecule has 0 bridgehead atoms. The van der Waals surface area contributed by atoms with Crippen molar-refractivity contribution in [1.82, 2.24) is 0 Å². The standard InChI is InChI=1S/C6H15NO2/c1-2-9-5-6(8)3-4-7/h6,8H,2-5,7H2,1H3. The Bertz CT molecular complexity index is 59.0. The third-order valence-corrected chi connectivity index (χ3v) is 1.01. The van der Waals surface area contributed by atoms with E-state index in [1.54, 1.807) is 0 Å². The maximum atomic E-state index is 8.98. The zero-order valence-corrected chi connectivity index (χ0v) is 5.84. The Morgan fingerprint density at radius 1 is 1.67 bits per heavy atom. The van der Waals surface area contributed by atoms with E-state index in [0.29, 0.717) is 26.2 Å². The van der Waals surface area contributed by atoms with Gasteiger partial charge in [0, 0.05) is 6.61 Å². The lowest BCUT2D eigenvalue weighted by Crippen LogP contribution is -2.19. The van der Waals surface area contributed by atoms with E-state index in [1.165, 1.54) is 0 Å². The highest BCUT2D eigenvalue weighted by atomic mass is 16.5. The Hall–Kier alpha value is -0.120. The van der Waals surface area contributed by atoms with Crippen LogP contribution in [0.25, 0.3) is 0 Å². The van der Waals surface area contributed by atoms with Crippen molar-refractivity contribution < 1.29 is 9.84 Å².